The summed E-state index contributed by atoms with van der Waals surface area (Å²) in [7, 11) is 0. The van der Waals surface area contributed by atoms with Crippen molar-refractivity contribution in [3.8, 4) is 0 Å². The van der Waals surface area contributed by atoms with E-state index in [1.165, 1.54) is 4.90 Å². The third-order valence-corrected chi connectivity index (χ3v) is 6.97. The molecule has 0 bridgehead atoms. The molecule has 2 saturated heterocycles. The van der Waals surface area contributed by atoms with Crippen molar-refractivity contribution >= 4 is 29.6 Å². The average molecular weight is 567 g/mol. The Labute approximate surface area is 238 Å². The molecule has 11 heteroatoms. The molecule has 0 aliphatic carbocycles. The van der Waals surface area contributed by atoms with Crippen LogP contribution in [0, 0.1) is 0 Å². The number of carbonyl (C=O) groups is 5. The van der Waals surface area contributed by atoms with Gasteiger partial charge in [0.05, 0.1) is 17.7 Å². The van der Waals surface area contributed by atoms with Gasteiger partial charge in [-0.25, -0.2) is 4.79 Å². The predicted octanol–water partition coefficient (Wildman–Crippen LogP) is 3.12. The van der Waals surface area contributed by atoms with Gasteiger partial charge < -0.3 is 30.7 Å². The molecule has 0 aromatic carbocycles. The highest BCUT2D eigenvalue weighted by molar-refractivity contribution is 6.37. The second-order valence-corrected chi connectivity index (χ2v) is 13.0. The van der Waals surface area contributed by atoms with Crippen molar-refractivity contribution in [2.75, 3.05) is 6.54 Å². The lowest BCUT2D eigenvalue weighted by molar-refractivity contribution is -0.142. The Kier molecular flexibility index (Phi) is 12.4. The molecule has 40 heavy (non-hydrogen) atoms. The molecule has 0 unspecified atom stereocenters. The topological polar surface area (TPSA) is 157 Å². The van der Waals surface area contributed by atoms with Gasteiger partial charge >= 0.3 is 6.09 Å². The molecule has 0 spiro atoms. The molecule has 4 atom stereocenters. The van der Waals surface area contributed by atoms with Crippen LogP contribution in [-0.2, 0) is 28.7 Å². The van der Waals surface area contributed by atoms with E-state index in [2.05, 4.69) is 10.6 Å². The summed E-state index contributed by atoms with van der Waals surface area (Å²) < 4.78 is 11.6. The summed E-state index contributed by atoms with van der Waals surface area (Å²) in [4.78, 5) is 65.9. The van der Waals surface area contributed by atoms with Gasteiger partial charge in [-0.05, 0) is 54.4 Å². The van der Waals surface area contributed by atoms with E-state index in [0.717, 1.165) is 44.9 Å². The number of nitrogens with two attached hydrogens (primary N) is 1. The van der Waals surface area contributed by atoms with E-state index in [0.29, 0.717) is 19.3 Å². The maximum absolute atomic E-state index is 13.9. The van der Waals surface area contributed by atoms with Gasteiger partial charge in [-0.2, -0.15) is 0 Å². The van der Waals surface area contributed by atoms with Crippen LogP contribution in [0.15, 0.2) is 0 Å². The van der Waals surface area contributed by atoms with Crippen LogP contribution in [0.25, 0.3) is 0 Å². The monoisotopic (exact) mass is 566 g/mol. The van der Waals surface area contributed by atoms with E-state index in [-0.39, 0.29) is 13.0 Å². The minimum Gasteiger partial charge on any atom is -0.444 e. The van der Waals surface area contributed by atoms with Crippen LogP contribution in [0.2, 0.25) is 0 Å². The molecular weight excluding hydrogens is 516 g/mol. The summed E-state index contributed by atoms with van der Waals surface area (Å²) in [5, 5.41) is 5.43. The number of nitrogens with one attached hydrogen (secondary N) is 2. The molecule has 228 valence electrons. The molecule has 0 saturated carbocycles. The van der Waals surface area contributed by atoms with Crippen LogP contribution in [0.1, 0.15) is 112 Å². The zero-order chi connectivity index (χ0) is 30.1. The van der Waals surface area contributed by atoms with Gasteiger partial charge in [-0.1, -0.05) is 51.4 Å². The van der Waals surface area contributed by atoms with Gasteiger partial charge in [0.2, 0.25) is 17.6 Å². The number of hydrogen-bond donors (Lipinski definition) is 3. The molecule has 2 heterocycles. The largest absolute Gasteiger partial charge is 0.444 e. The summed E-state index contributed by atoms with van der Waals surface area (Å²) in [6.07, 6.45) is 7.00. The first-order valence-corrected chi connectivity index (χ1v) is 14.7. The van der Waals surface area contributed by atoms with Crippen LogP contribution in [-0.4, -0.2) is 76.5 Å². The Bertz CT molecular complexity index is 909. The maximum Gasteiger partial charge on any atom is 0.408 e. The third-order valence-electron chi connectivity index (χ3n) is 6.97. The number of carbonyl (C=O) groups excluding carboxylic acids is 5. The summed E-state index contributed by atoms with van der Waals surface area (Å²) >= 11 is 0. The van der Waals surface area contributed by atoms with Gasteiger partial charge in [-0.3, -0.25) is 19.2 Å². The van der Waals surface area contributed by atoms with E-state index in [9.17, 15) is 24.0 Å². The number of ether oxygens (including phenoxy) is 2. The molecule has 4 N–H and O–H groups in total. The van der Waals surface area contributed by atoms with Gasteiger partial charge in [-0.15, -0.1) is 0 Å². The third kappa shape index (κ3) is 11.4. The quantitative estimate of drug-likeness (QED) is 0.441. The normalized spacial score (nSPS) is 26.3. The lowest BCUT2D eigenvalue weighted by atomic mass is 10.0. The van der Waals surface area contributed by atoms with Crippen molar-refractivity contribution in [2.45, 2.75) is 148 Å². The lowest BCUT2D eigenvalue weighted by Gasteiger charge is -2.30. The number of ketones is 1. The number of nitrogens with zero attached hydrogens (tertiary/aromatic N) is 1. The number of Topliss-reactive ketones (excluding diaryl/α,β-unsaturated/α-hetero) is 1. The van der Waals surface area contributed by atoms with E-state index in [1.54, 1.807) is 20.8 Å². The zero-order valence-electron chi connectivity index (χ0n) is 25.2. The van der Waals surface area contributed by atoms with Crippen LogP contribution in [0.5, 0.6) is 0 Å². The van der Waals surface area contributed by atoms with Gasteiger partial charge in [0, 0.05) is 13.0 Å². The van der Waals surface area contributed by atoms with Gasteiger partial charge in [0.25, 0.3) is 5.91 Å². The van der Waals surface area contributed by atoms with Crippen molar-refractivity contribution in [3.63, 3.8) is 0 Å². The van der Waals surface area contributed by atoms with E-state index in [1.807, 2.05) is 20.8 Å². The van der Waals surface area contributed by atoms with Crippen molar-refractivity contribution in [1.29, 1.82) is 0 Å². The minimum absolute atomic E-state index is 0.148. The summed E-state index contributed by atoms with van der Waals surface area (Å²) in [5.41, 5.74) is 4.02. The molecule has 2 rings (SSSR count). The first kappa shape index (κ1) is 33.5. The Morgan fingerprint density at radius 2 is 1.43 bits per heavy atom. The summed E-state index contributed by atoms with van der Waals surface area (Å²) in [5.74, 6) is -2.92. The molecule has 2 aliphatic heterocycles. The van der Waals surface area contributed by atoms with Crippen molar-refractivity contribution < 1.29 is 33.4 Å². The Morgan fingerprint density at radius 1 is 0.875 bits per heavy atom. The second kappa shape index (κ2) is 14.8. The molecule has 0 radical (unpaired) electrons. The molecule has 2 fully saturated rings. The number of rotatable bonds is 4. The van der Waals surface area contributed by atoms with Crippen LogP contribution < -0.4 is 16.4 Å². The maximum atomic E-state index is 13.9. The van der Waals surface area contributed by atoms with E-state index >= 15 is 0 Å². The fourth-order valence-electron chi connectivity index (χ4n) is 5.25. The van der Waals surface area contributed by atoms with Crippen LogP contribution >= 0.6 is 0 Å². The highest BCUT2D eigenvalue weighted by atomic mass is 16.6. The summed E-state index contributed by atoms with van der Waals surface area (Å²) in [6.45, 7) is 11.1. The number of alkyl carbamates (subject to hydrolysis) is 1. The molecule has 0 aromatic heterocycles. The highest BCUT2D eigenvalue weighted by Crippen LogP contribution is 2.27. The second-order valence-electron chi connectivity index (χ2n) is 13.0. The standard InChI is InChI=1S/C29H50N4O7/c1-28(2,3)39-19-17-22-25(36)31-20(23(34)24(30)35)15-13-11-9-7-8-10-12-14-16-21(26(37)33(22)18-19)32-27(38)40-29(4,5)6/h19-22H,7-18H2,1-6H3,(H2,30,35)(H,31,36)(H,32,38)/t19-,20+,21+,22+/m1/s1. The SMILES string of the molecule is CC(C)(C)OC(=O)N[C@H]1CCCCCCCCCC[C@@H](C(=O)C(N)=O)NC(=O)[C@@H]2C[C@@H](OC(C)(C)C)CN2C1=O. The highest BCUT2D eigenvalue weighted by Gasteiger charge is 2.44. The Morgan fingerprint density at radius 3 is 1.95 bits per heavy atom. The Balaban J connectivity index is 2.37. The van der Waals surface area contributed by atoms with Crippen molar-refractivity contribution in [1.82, 2.24) is 15.5 Å². The average Bonchev–Trinajstić information content (AvgIpc) is 3.23. The fourth-order valence-corrected chi connectivity index (χ4v) is 5.25. The minimum atomic E-state index is -1.11. The predicted molar refractivity (Wildman–Crippen MR) is 150 cm³/mol. The molecule has 0 aromatic rings. The lowest BCUT2D eigenvalue weighted by Crippen LogP contribution is -2.56. The van der Waals surface area contributed by atoms with Gasteiger partial charge in [0.1, 0.15) is 17.7 Å². The molecular formula is C29H50N4O7. The zero-order valence-corrected chi connectivity index (χ0v) is 25.2. The first-order valence-electron chi connectivity index (χ1n) is 14.7. The number of primary amides is 1. The number of hydrogen-bond acceptors (Lipinski definition) is 7. The molecule has 4 amide bonds. The van der Waals surface area contributed by atoms with Crippen molar-refractivity contribution in [2.24, 2.45) is 5.73 Å². The fraction of sp³-hybridized carbons (Fsp3) is 0.828. The van der Waals surface area contributed by atoms with E-state index in [4.69, 9.17) is 15.2 Å². The number of amides is 4. The summed E-state index contributed by atoms with van der Waals surface area (Å²) in [6, 6.07) is -2.89. The van der Waals surface area contributed by atoms with E-state index < -0.39 is 65.0 Å². The van der Waals surface area contributed by atoms with Crippen LogP contribution in [0.4, 0.5) is 4.79 Å². The van der Waals surface area contributed by atoms with Gasteiger partial charge in [0.15, 0.2) is 0 Å². The first-order chi connectivity index (χ1) is 18.6. The Hall–Kier alpha value is -2.69. The van der Waals surface area contributed by atoms with Crippen LogP contribution in [0.3, 0.4) is 0 Å². The molecule has 11 nitrogen and oxygen atoms in total. The smallest absolute Gasteiger partial charge is 0.408 e. The molecule has 2 aliphatic rings. The number of fused-ring (bicyclic) bond motifs is 1. The van der Waals surface area contributed by atoms with Crippen molar-refractivity contribution in [3.05, 3.63) is 0 Å².